The van der Waals surface area contributed by atoms with Crippen molar-refractivity contribution in [1.29, 1.82) is 0 Å². The number of hydrogen-bond acceptors (Lipinski definition) is 4. The topological polar surface area (TPSA) is 58.2 Å². The summed E-state index contributed by atoms with van der Waals surface area (Å²) in [6.45, 7) is 0.307. The van der Waals surface area contributed by atoms with Gasteiger partial charge in [-0.25, -0.2) is 21.9 Å². The van der Waals surface area contributed by atoms with E-state index < -0.39 is 28.9 Å². The maximum atomic E-state index is 12.7. The van der Waals surface area contributed by atoms with E-state index in [1.807, 2.05) is 0 Å². The van der Waals surface area contributed by atoms with Crippen molar-refractivity contribution in [3.63, 3.8) is 0 Å². The second-order valence-corrected chi connectivity index (χ2v) is 7.13. The Labute approximate surface area is 118 Å². The Morgan fingerprint density at radius 3 is 2.50 bits per heavy atom. The van der Waals surface area contributed by atoms with Crippen molar-refractivity contribution < 1.29 is 26.0 Å². The van der Waals surface area contributed by atoms with Gasteiger partial charge in [-0.15, -0.1) is 11.3 Å². The largest absolute Gasteiger partial charge is 0.320 e. The summed E-state index contributed by atoms with van der Waals surface area (Å²) in [4.78, 5) is 0.937. The molecular formula is C10H14F4N2O2S2. The molecule has 0 aliphatic rings. The van der Waals surface area contributed by atoms with Crippen LogP contribution in [0.3, 0.4) is 0 Å². The smallest absolute Gasteiger partial charge is 0.315 e. The summed E-state index contributed by atoms with van der Waals surface area (Å²) in [7, 11) is -2.56. The van der Waals surface area contributed by atoms with Crippen LogP contribution in [0.1, 0.15) is 9.75 Å². The third-order valence-corrected chi connectivity index (χ3v) is 5.09. The monoisotopic (exact) mass is 334 g/mol. The number of rotatable bonds is 7. The molecule has 1 aromatic rings. The van der Waals surface area contributed by atoms with Crippen LogP contribution in [0.2, 0.25) is 0 Å². The molecule has 1 rings (SSSR count). The Morgan fingerprint density at radius 1 is 1.40 bits per heavy atom. The average Bonchev–Trinajstić information content (AvgIpc) is 2.69. The van der Waals surface area contributed by atoms with Gasteiger partial charge in [-0.2, -0.15) is 8.78 Å². The summed E-state index contributed by atoms with van der Waals surface area (Å²) in [6.07, 6.45) is -3.92. The molecule has 0 saturated heterocycles. The lowest BCUT2D eigenvalue weighted by Crippen LogP contribution is -2.41. The lowest BCUT2D eigenvalue weighted by molar-refractivity contribution is -0.122. The molecule has 0 saturated carbocycles. The number of nitrogens with one attached hydrogen (secondary N) is 2. The molecule has 0 spiro atoms. The highest BCUT2D eigenvalue weighted by molar-refractivity contribution is 7.89. The molecule has 10 heteroatoms. The summed E-state index contributed by atoms with van der Waals surface area (Å²) in [5.74, 6) is -4.40. The van der Waals surface area contributed by atoms with Gasteiger partial charge in [0.2, 0.25) is 10.0 Å². The zero-order valence-corrected chi connectivity index (χ0v) is 12.3. The Hall–Kier alpha value is -0.710. The van der Waals surface area contributed by atoms with Crippen LogP contribution in [-0.2, 0) is 16.6 Å². The lowest BCUT2D eigenvalue weighted by Gasteiger charge is -2.15. The lowest BCUT2D eigenvalue weighted by atomic mass is 10.4. The molecule has 0 unspecified atom stereocenters. The first-order valence-electron chi connectivity index (χ1n) is 5.49. The van der Waals surface area contributed by atoms with Gasteiger partial charge in [0, 0.05) is 16.3 Å². The molecule has 0 fully saturated rings. The van der Waals surface area contributed by atoms with Gasteiger partial charge in [0.25, 0.3) is 0 Å². The van der Waals surface area contributed by atoms with Gasteiger partial charge >= 0.3 is 12.3 Å². The van der Waals surface area contributed by atoms with E-state index in [9.17, 15) is 26.0 Å². The fourth-order valence-corrected chi connectivity index (χ4v) is 4.09. The number of sulfonamides is 1. The minimum atomic E-state index is -4.40. The number of halogens is 4. The Kier molecular flexibility index (Phi) is 5.53. The van der Waals surface area contributed by atoms with Crippen LogP contribution >= 0.6 is 11.3 Å². The molecule has 2 N–H and O–H groups in total. The van der Waals surface area contributed by atoms with Gasteiger partial charge < -0.3 is 5.32 Å². The van der Waals surface area contributed by atoms with E-state index in [0.717, 1.165) is 0 Å². The fraction of sp³-hybridized carbons (Fsp3) is 0.600. The van der Waals surface area contributed by atoms with Crippen molar-refractivity contribution in [2.45, 2.75) is 30.7 Å². The maximum Gasteiger partial charge on any atom is 0.320 e. The highest BCUT2D eigenvalue weighted by atomic mass is 32.2. The zero-order chi connectivity index (χ0) is 15.6. The summed E-state index contributed by atoms with van der Waals surface area (Å²) in [5, 5.41) is 2.82. The van der Waals surface area contributed by atoms with Crippen LogP contribution in [0, 0.1) is 6.92 Å². The van der Waals surface area contributed by atoms with E-state index in [-0.39, 0.29) is 4.90 Å². The Bertz CT molecular complexity index is 558. The predicted molar refractivity (Wildman–Crippen MR) is 68.0 cm³/mol. The standard InChI is InChI=1S/C10H14F4N2O2S2/c1-6-8(3-7(19-6)4-15-2)20(17,18)16-5-10(13,14)9(11)12/h3,9,15-16H,4-5H2,1-2H3. The summed E-state index contributed by atoms with van der Waals surface area (Å²) in [5.41, 5.74) is 0. The molecule has 20 heavy (non-hydrogen) atoms. The summed E-state index contributed by atoms with van der Waals surface area (Å²) < 4.78 is 74.6. The molecule has 0 amide bonds. The molecule has 0 aliphatic carbocycles. The third kappa shape index (κ3) is 4.14. The first kappa shape index (κ1) is 17.3. The predicted octanol–water partition coefficient (Wildman–Crippen LogP) is 1.95. The van der Waals surface area contributed by atoms with Gasteiger partial charge in [0.1, 0.15) is 0 Å². The van der Waals surface area contributed by atoms with Crippen molar-refractivity contribution in [3.05, 3.63) is 15.8 Å². The first-order valence-corrected chi connectivity index (χ1v) is 7.79. The number of thiophene rings is 1. The minimum Gasteiger partial charge on any atom is -0.315 e. The van der Waals surface area contributed by atoms with Crippen LogP contribution in [0.5, 0.6) is 0 Å². The maximum absolute atomic E-state index is 12.7. The summed E-state index contributed by atoms with van der Waals surface area (Å²) >= 11 is 1.19. The third-order valence-electron chi connectivity index (χ3n) is 2.38. The van der Waals surface area contributed by atoms with Gasteiger partial charge in [0.05, 0.1) is 11.4 Å². The molecule has 0 radical (unpaired) electrons. The summed E-state index contributed by atoms with van der Waals surface area (Å²) in [6, 6.07) is 1.33. The molecule has 1 heterocycles. The molecule has 0 aromatic carbocycles. The van der Waals surface area contributed by atoms with Crippen LogP contribution in [-0.4, -0.2) is 34.4 Å². The van der Waals surface area contributed by atoms with Crippen molar-refractivity contribution in [3.8, 4) is 0 Å². The van der Waals surface area contributed by atoms with E-state index in [2.05, 4.69) is 5.32 Å². The van der Waals surface area contributed by atoms with Crippen LogP contribution < -0.4 is 10.0 Å². The molecule has 0 atom stereocenters. The SMILES string of the molecule is CNCc1cc(S(=O)(=O)NCC(F)(F)C(F)F)c(C)s1. The molecule has 4 nitrogen and oxygen atoms in total. The molecular weight excluding hydrogens is 320 g/mol. The van der Waals surface area contributed by atoms with Crippen molar-refractivity contribution in [2.24, 2.45) is 0 Å². The highest BCUT2D eigenvalue weighted by Gasteiger charge is 2.41. The molecule has 1 aromatic heterocycles. The number of alkyl halides is 4. The Morgan fingerprint density at radius 2 is 2.00 bits per heavy atom. The van der Waals surface area contributed by atoms with Crippen molar-refractivity contribution in [2.75, 3.05) is 13.6 Å². The second-order valence-electron chi connectivity index (χ2n) is 4.05. The molecule has 0 aliphatic heterocycles. The van der Waals surface area contributed by atoms with Crippen LogP contribution in [0.4, 0.5) is 17.6 Å². The van der Waals surface area contributed by atoms with Crippen molar-refractivity contribution in [1.82, 2.24) is 10.0 Å². The Balaban J connectivity index is 2.89. The normalized spacial score (nSPS) is 13.2. The van der Waals surface area contributed by atoms with E-state index >= 15 is 0 Å². The van der Waals surface area contributed by atoms with E-state index in [0.29, 0.717) is 16.3 Å². The fourth-order valence-electron chi connectivity index (χ4n) is 1.40. The first-order chi connectivity index (χ1) is 9.10. The van der Waals surface area contributed by atoms with Gasteiger partial charge in [-0.1, -0.05) is 0 Å². The van der Waals surface area contributed by atoms with Gasteiger partial charge in [0.15, 0.2) is 0 Å². The zero-order valence-electron chi connectivity index (χ0n) is 10.7. The van der Waals surface area contributed by atoms with Crippen LogP contribution in [0.15, 0.2) is 11.0 Å². The minimum absolute atomic E-state index is 0.169. The van der Waals surface area contributed by atoms with Crippen molar-refractivity contribution >= 4 is 21.4 Å². The molecule has 116 valence electrons. The highest BCUT2D eigenvalue weighted by Crippen LogP contribution is 2.27. The van der Waals surface area contributed by atoms with E-state index in [1.165, 1.54) is 29.0 Å². The average molecular weight is 334 g/mol. The number of hydrogen-bond donors (Lipinski definition) is 2. The number of aryl methyl sites for hydroxylation is 1. The van der Waals surface area contributed by atoms with E-state index in [4.69, 9.17) is 0 Å². The van der Waals surface area contributed by atoms with Gasteiger partial charge in [-0.3, -0.25) is 0 Å². The quantitative estimate of drug-likeness (QED) is 0.750. The van der Waals surface area contributed by atoms with Gasteiger partial charge in [-0.05, 0) is 20.0 Å². The second kappa shape index (κ2) is 6.37. The van der Waals surface area contributed by atoms with Crippen LogP contribution in [0.25, 0.3) is 0 Å². The molecule has 0 bridgehead atoms. The van der Waals surface area contributed by atoms with E-state index in [1.54, 1.807) is 7.05 Å².